The van der Waals surface area contributed by atoms with Gasteiger partial charge in [-0.2, -0.15) is 13.2 Å². The molecule has 0 aliphatic heterocycles. The zero-order chi connectivity index (χ0) is 27.2. The molecule has 9 heteroatoms. The van der Waals surface area contributed by atoms with Crippen molar-refractivity contribution < 1.29 is 39.9 Å². The van der Waals surface area contributed by atoms with Gasteiger partial charge in [0.2, 0.25) is 5.82 Å². The van der Waals surface area contributed by atoms with Gasteiger partial charge < -0.3 is 4.74 Å². The molecule has 38 heavy (non-hydrogen) atoms. The molecule has 1 nitrogen and oxygen atoms in total. The Morgan fingerprint density at radius 2 is 1.24 bits per heavy atom. The van der Waals surface area contributed by atoms with E-state index in [4.69, 9.17) is 0 Å². The standard InChI is InChI=1S/C29H18F8O/c30-21-9-10-25(28(35)27(21)34)38-29(36,37)26-23(32)13-19(14-24(26)33)20-8-7-18(12-22(20)31)17-5-3-16(4-6-17)11-15-1-2-15/h3-10,12-15H,1-2,11H2. The topological polar surface area (TPSA) is 9.23 Å². The summed E-state index contributed by atoms with van der Waals surface area (Å²) in [4.78, 5) is 0. The number of rotatable bonds is 7. The fraction of sp³-hybridized carbons (Fsp3) is 0.172. The van der Waals surface area contributed by atoms with Crippen LogP contribution in [0, 0.1) is 40.8 Å². The maximum absolute atomic E-state index is 15.0. The molecule has 4 aromatic carbocycles. The minimum absolute atomic E-state index is 0.251. The molecule has 0 saturated heterocycles. The van der Waals surface area contributed by atoms with Crippen LogP contribution in [-0.2, 0) is 12.5 Å². The lowest BCUT2D eigenvalue weighted by Gasteiger charge is -2.20. The van der Waals surface area contributed by atoms with Crippen LogP contribution in [0.2, 0.25) is 0 Å². The van der Waals surface area contributed by atoms with Gasteiger partial charge in [-0.15, -0.1) is 0 Å². The quantitative estimate of drug-likeness (QED) is 0.170. The van der Waals surface area contributed by atoms with Crippen LogP contribution in [0.1, 0.15) is 24.0 Å². The predicted octanol–water partition coefficient (Wildman–Crippen LogP) is 8.94. The first-order chi connectivity index (χ1) is 18.0. The fourth-order valence-corrected chi connectivity index (χ4v) is 4.20. The molecule has 1 aliphatic carbocycles. The largest absolute Gasteiger partial charge is 0.432 e. The molecule has 0 spiro atoms. The van der Waals surface area contributed by atoms with E-state index in [1.807, 2.05) is 24.3 Å². The van der Waals surface area contributed by atoms with Gasteiger partial charge in [0.1, 0.15) is 23.0 Å². The lowest BCUT2D eigenvalue weighted by molar-refractivity contribution is -0.191. The Morgan fingerprint density at radius 3 is 1.84 bits per heavy atom. The Morgan fingerprint density at radius 1 is 0.632 bits per heavy atom. The minimum Gasteiger partial charge on any atom is -0.425 e. The Kier molecular flexibility index (Phi) is 6.63. The Labute approximate surface area is 212 Å². The van der Waals surface area contributed by atoms with Crippen molar-refractivity contribution in [2.45, 2.75) is 25.4 Å². The second-order valence-electron chi connectivity index (χ2n) is 9.15. The van der Waals surface area contributed by atoms with Crippen molar-refractivity contribution in [2.24, 2.45) is 5.92 Å². The third kappa shape index (κ3) is 5.10. The minimum atomic E-state index is -4.81. The monoisotopic (exact) mass is 534 g/mol. The third-order valence-corrected chi connectivity index (χ3v) is 6.36. The maximum Gasteiger partial charge on any atom is 0.432 e. The van der Waals surface area contributed by atoms with E-state index in [9.17, 15) is 35.1 Å². The van der Waals surface area contributed by atoms with Gasteiger partial charge in [0.15, 0.2) is 17.4 Å². The number of benzene rings is 4. The van der Waals surface area contributed by atoms with Gasteiger partial charge in [-0.05, 0) is 77.8 Å². The molecular formula is C29H18F8O. The molecule has 0 atom stereocenters. The molecule has 0 heterocycles. The van der Waals surface area contributed by atoms with Crippen LogP contribution in [0.15, 0.2) is 66.7 Å². The third-order valence-electron chi connectivity index (χ3n) is 6.36. The molecule has 0 bridgehead atoms. The summed E-state index contributed by atoms with van der Waals surface area (Å²) in [6.07, 6.45) is -1.39. The first kappa shape index (κ1) is 25.8. The lowest BCUT2D eigenvalue weighted by atomic mass is 9.97. The number of ether oxygens (including phenoxy) is 1. The van der Waals surface area contributed by atoms with E-state index in [0.717, 1.165) is 12.0 Å². The van der Waals surface area contributed by atoms with Crippen molar-refractivity contribution in [1.29, 1.82) is 0 Å². The van der Waals surface area contributed by atoms with Gasteiger partial charge in [-0.25, -0.2) is 22.0 Å². The van der Waals surface area contributed by atoms with E-state index >= 15 is 0 Å². The molecule has 196 valence electrons. The molecule has 0 amide bonds. The van der Waals surface area contributed by atoms with Gasteiger partial charge in [0.25, 0.3) is 0 Å². The molecule has 1 aliphatic rings. The second kappa shape index (κ2) is 9.78. The highest BCUT2D eigenvalue weighted by atomic mass is 19.3. The number of hydrogen-bond donors (Lipinski definition) is 0. The van der Waals surface area contributed by atoms with Crippen molar-refractivity contribution in [2.75, 3.05) is 0 Å². The van der Waals surface area contributed by atoms with E-state index in [1.165, 1.54) is 36.6 Å². The highest BCUT2D eigenvalue weighted by molar-refractivity contribution is 5.71. The highest BCUT2D eigenvalue weighted by Crippen LogP contribution is 2.39. The maximum atomic E-state index is 15.0. The summed E-state index contributed by atoms with van der Waals surface area (Å²) in [5.41, 5.74) is -0.123. The van der Waals surface area contributed by atoms with Crippen LogP contribution < -0.4 is 4.74 Å². The molecule has 0 unspecified atom stereocenters. The summed E-state index contributed by atoms with van der Waals surface area (Å²) < 4.78 is 118. The number of halogens is 8. The smallest absolute Gasteiger partial charge is 0.425 e. The van der Waals surface area contributed by atoms with E-state index in [0.29, 0.717) is 35.7 Å². The van der Waals surface area contributed by atoms with Crippen LogP contribution in [-0.4, -0.2) is 0 Å². The summed E-state index contributed by atoms with van der Waals surface area (Å²) in [6, 6.07) is 13.2. The predicted molar refractivity (Wildman–Crippen MR) is 124 cm³/mol. The van der Waals surface area contributed by atoms with Crippen molar-refractivity contribution in [3.8, 4) is 28.0 Å². The van der Waals surface area contributed by atoms with E-state index in [2.05, 4.69) is 4.74 Å². The first-order valence-corrected chi connectivity index (χ1v) is 11.6. The fourth-order valence-electron chi connectivity index (χ4n) is 4.20. The summed E-state index contributed by atoms with van der Waals surface area (Å²) >= 11 is 0. The Bertz CT molecular complexity index is 1490. The van der Waals surface area contributed by atoms with Gasteiger partial charge in [-0.1, -0.05) is 36.4 Å². The molecule has 0 radical (unpaired) electrons. The number of hydrogen-bond acceptors (Lipinski definition) is 1. The molecule has 0 aromatic heterocycles. The summed E-state index contributed by atoms with van der Waals surface area (Å²) in [5.74, 6) is -11.1. The zero-order valence-corrected chi connectivity index (χ0v) is 19.5. The molecule has 4 aromatic rings. The van der Waals surface area contributed by atoms with E-state index < -0.39 is 52.3 Å². The lowest BCUT2D eigenvalue weighted by Crippen LogP contribution is -2.26. The van der Waals surface area contributed by atoms with Crippen molar-refractivity contribution >= 4 is 0 Å². The normalized spacial score (nSPS) is 13.6. The molecular weight excluding hydrogens is 516 g/mol. The summed E-state index contributed by atoms with van der Waals surface area (Å²) in [7, 11) is 0. The van der Waals surface area contributed by atoms with Gasteiger partial charge in [0, 0.05) is 5.56 Å². The van der Waals surface area contributed by atoms with Crippen LogP contribution in [0.4, 0.5) is 35.1 Å². The van der Waals surface area contributed by atoms with Crippen LogP contribution in [0.3, 0.4) is 0 Å². The number of alkyl halides is 2. The zero-order valence-electron chi connectivity index (χ0n) is 19.5. The Hall–Kier alpha value is -3.88. The van der Waals surface area contributed by atoms with E-state index in [-0.39, 0.29) is 11.1 Å². The molecule has 1 fully saturated rings. The van der Waals surface area contributed by atoms with Gasteiger partial charge in [-0.3, -0.25) is 0 Å². The summed E-state index contributed by atoms with van der Waals surface area (Å²) in [6.45, 7) is 0. The molecule has 0 N–H and O–H groups in total. The highest BCUT2D eigenvalue weighted by Gasteiger charge is 2.42. The average Bonchev–Trinajstić information content (AvgIpc) is 3.68. The summed E-state index contributed by atoms with van der Waals surface area (Å²) in [5, 5.41) is 0. The molecule has 1 saturated carbocycles. The Balaban J connectivity index is 1.41. The van der Waals surface area contributed by atoms with Crippen LogP contribution >= 0.6 is 0 Å². The van der Waals surface area contributed by atoms with Gasteiger partial charge >= 0.3 is 6.11 Å². The van der Waals surface area contributed by atoms with E-state index in [1.54, 1.807) is 0 Å². The SMILES string of the molecule is Fc1cc(-c2ccc(CC3CC3)cc2)ccc1-c1cc(F)c(C(F)(F)Oc2ccc(F)c(F)c2F)c(F)c1. The van der Waals surface area contributed by atoms with Crippen LogP contribution in [0.5, 0.6) is 5.75 Å². The van der Waals surface area contributed by atoms with Crippen molar-refractivity contribution in [3.63, 3.8) is 0 Å². The van der Waals surface area contributed by atoms with Gasteiger partial charge in [0.05, 0.1) is 0 Å². The molecule has 5 rings (SSSR count). The second-order valence-corrected chi connectivity index (χ2v) is 9.15. The van der Waals surface area contributed by atoms with Crippen molar-refractivity contribution in [3.05, 3.63) is 113 Å². The van der Waals surface area contributed by atoms with Crippen molar-refractivity contribution in [1.82, 2.24) is 0 Å². The first-order valence-electron chi connectivity index (χ1n) is 11.6. The average molecular weight is 534 g/mol. The van der Waals surface area contributed by atoms with Crippen LogP contribution in [0.25, 0.3) is 22.3 Å².